The van der Waals surface area contributed by atoms with Crippen molar-refractivity contribution in [1.29, 1.82) is 0 Å². The van der Waals surface area contributed by atoms with Crippen molar-refractivity contribution in [3.05, 3.63) is 35.4 Å². The first-order valence-electron chi connectivity index (χ1n) is 5.62. The minimum atomic E-state index is -3.60. The van der Waals surface area contributed by atoms with Gasteiger partial charge in [-0.1, -0.05) is 12.1 Å². The number of benzene rings is 1. The lowest BCUT2D eigenvalue weighted by Crippen LogP contribution is -2.41. The lowest BCUT2D eigenvalue weighted by atomic mass is 10.1. The summed E-state index contributed by atoms with van der Waals surface area (Å²) in [4.78, 5) is 25.2. The maximum atomic E-state index is 12.1. The zero-order valence-corrected chi connectivity index (χ0v) is 11.3. The molecule has 1 heterocycles. The van der Waals surface area contributed by atoms with Crippen LogP contribution in [0.25, 0.3) is 0 Å². The Bertz CT molecular complexity index is 602. The predicted octanol–water partition coefficient (Wildman–Crippen LogP) is 0.647. The van der Waals surface area contributed by atoms with Crippen molar-refractivity contribution in [1.82, 2.24) is 4.90 Å². The molecule has 0 saturated carbocycles. The van der Waals surface area contributed by atoms with E-state index < -0.39 is 28.0 Å². The van der Waals surface area contributed by atoms with Gasteiger partial charge in [-0.15, -0.1) is 0 Å². The van der Waals surface area contributed by atoms with Gasteiger partial charge >= 0.3 is 0 Å². The average Bonchev–Trinajstić information content (AvgIpc) is 2.59. The Hall–Kier alpha value is -1.73. The van der Waals surface area contributed by atoms with E-state index in [9.17, 15) is 18.0 Å². The molecule has 0 aromatic heterocycles. The van der Waals surface area contributed by atoms with Crippen LogP contribution in [0.4, 0.5) is 0 Å². The van der Waals surface area contributed by atoms with E-state index in [4.69, 9.17) is 0 Å². The second kappa shape index (κ2) is 4.75. The van der Waals surface area contributed by atoms with E-state index in [-0.39, 0.29) is 6.61 Å². The summed E-state index contributed by atoms with van der Waals surface area (Å²) in [6, 6.07) is 5.83. The fraction of sp³-hybridized carbons (Fsp3) is 0.333. The molecule has 0 spiro atoms. The summed E-state index contributed by atoms with van der Waals surface area (Å²) >= 11 is 0. The van der Waals surface area contributed by atoms with Gasteiger partial charge in [0.2, 0.25) is 0 Å². The van der Waals surface area contributed by atoms with Crippen LogP contribution in [0.15, 0.2) is 24.3 Å². The molecule has 2 rings (SSSR count). The molecular formula is C12H13NO5S. The molecular weight excluding hydrogens is 270 g/mol. The number of amides is 2. The Morgan fingerprint density at radius 1 is 1.16 bits per heavy atom. The van der Waals surface area contributed by atoms with E-state index in [0.29, 0.717) is 11.1 Å². The normalized spacial score (nSPS) is 16.6. The van der Waals surface area contributed by atoms with Crippen LogP contribution in [-0.2, 0) is 14.3 Å². The van der Waals surface area contributed by atoms with Crippen LogP contribution in [0.5, 0.6) is 0 Å². The molecule has 102 valence electrons. The molecule has 1 aromatic carbocycles. The molecule has 6 nitrogen and oxygen atoms in total. The van der Waals surface area contributed by atoms with Crippen LogP contribution in [0.1, 0.15) is 27.6 Å². The van der Waals surface area contributed by atoms with Gasteiger partial charge in [-0.25, -0.2) is 0 Å². The van der Waals surface area contributed by atoms with E-state index in [1.807, 2.05) is 0 Å². The minimum absolute atomic E-state index is 0.246. The third-order valence-electron chi connectivity index (χ3n) is 2.79. The Labute approximate surface area is 111 Å². The van der Waals surface area contributed by atoms with Crippen LogP contribution in [-0.4, -0.2) is 44.0 Å². The molecule has 1 aliphatic heterocycles. The van der Waals surface area contributed by atoms with Gasteiger partial charge in [0.25, 0.3) is 21.9 Å². The minimum Gasteiger partial charge on any atom is -0.269 e. The molecule has 1 atom stereocenters. The van der Waals surface area contributed by atoms with Crippen molar-refractivity contribution in [2.75, 3.05) is 12.9 Å². The van der Waals surface area contributed by atoms with Gasteiger partial charge in [0, 0.05) is 0 Å². The van der Waals surface area contributed by atoms with Gasteiger partial charge in [0.05, 0.1) is 30.0 Å². The number of fused-ring (bicyclic) bond motifs is 1. The molecule has 0 radical (unpaired) electrons. The van der Waals surface area contributed by atoms with Gasteiger partial charge < -0.3 is 0 Å². The fourth-order valence-electron chi connectivity index (χ4n) is 1.90. The number of imide groups is 1. The Morgan fingerprint density at radius 3 is 2.05 bits per heavy atom. The number of carbonyl (C=O) groups is 2. The molecule has 0 fully saturated rings. The van der Waals surface area contributed by atoms with Crippen LogP contribution >= 0.6 is 0 Å². The van der Waals surface area contributed by atoms with Crippen molar-refractivity contribution in [2.45, 2.75) is 13.0 Å². The number of nitrogens with zero attached hydrogens (tertiary/aromatic N) is 1. The summed E-state index contributed by atoms with van der Waals surface area (Å²) in [6.07, 6.45) is 0.919. The summed E-state index contributed by atoms with van der Waals surface area (Å²) in [6.45, 7) is 1.32. The number of hydrogen-bond acceptors (Lipinski definition) is 5. The van der Waals surface area contributed by atoms with E-state index >= 15 is 0 Å². The largest absolute Gasteiger partial charge is 0.269 e. The molecule has 7 heteroatoms. The molecule has 0 aliphatic carbocycles. The number of carbonyl (C=O) groups excluding carboxylic acids is 2. The standard InChI is InChI=1S/C12H13NO5S/c1-8(7-18-19(2,16)17)13-11(14)9-5-3-4-6-10(9)12(13)15/h3-6,8H,7H2,1-2H3. The predicted molar refractivity (Wildman–Crippen MR) is 67.2 cm³/mol. The van der Waals surface area contributed by atoms with Crippen molar-refractivity contribution >= 4 is 21.9 Å². The Balaban J connectivity index is 2.20. The summed E-state index contributed by atoms with van der Waals surface area (Å²) < 4.78 is 26.5. The quantitative estimate of drug-likeness (QED) is 0.598. The van der Waals surface area contributed by atoms with Crippen molar-refractivity contribution in [3.63, 3.8) is 0 Å². The second-order valence-corrected chi connectivity index (χ2v) is 6.01. The molecule has 0 saturated heterocycles. The SMILES string of the molecule is CC(COS(C)(=O)=O)N1C(=O)c2ccccc2C1=O. The van der Waals surface area contributed by atoms with E-state index in [1.165, 1.54) is 0 Å². The highest BCUT2D eigenvalue weighted by Gasteiger charge is 2.38. The molecule has 19 heavy (non-hydrogen) atoms. The van der Waals surface area contributed by atoms with Gasteiger partial charge in [-0.3, -0.25) is 18.7 Å². The smallest absolute Gasteiger partial charge is 0.264 e. The summed E-state index contributed by atoms with van der Waals surface area (Å²) in [5.74, 6) is -0.851. The molecule has 2 amide bonds. The molecule has 0 bridgehead atoms. The first-order chi connectivity index (χ1) is 8.81. The van der Waals surface area contributed by atoms with Crippen LogP contribution < -0.4 is 0 Å². The first-order valence-corrected chi connectivity index (χ1v) is 7.44. The lowest BCUT2D eigenvalue weighted by molar-refractivity contribution is 0.0553. The summed E-state index contributed by atoms with van der Waals surface area (Å²) in [7, 11) is -3.60. The maximum Gasteiger partial charge on any atom is 0.264 e. The molecule has 1 unspecified atom stereocenters. The highest BCUT2D eigenvalue weighted by Crippen LogP contribution is 2.24. The maximum absolute atomic E-state index is 12.1. The average molecular weight is 283 g/mol. The van der Waals surface area contributed by atoms with Crippen molar-refractivity contribution in [2.24, 2.45) is 0 Å². The first kappa shape index (κ1) is 13.7. The third-order valence-corrected chi connectivity index (χ3v) is 3.35. The van der Waals surface area contributed by atoms with Crippen LogP contribution in [0.2, 0.25) is 0 Å². The molecule has 0 N–H and O–H groups in total. The van der Waals surface area contributed by atoms with Crippen molar-refractivity contribution < 1.29 is 22.2 Å². The summed E-state index contributed by atoms with van der Waals surface area (Å²) in [5.41, 5.74) is 0.664. The Morgan fingerprint density at radius 2 is 1.63 bits per heavy atom. The monoisotopic (exact) mass is 283 g/mol. The van der Waals surface area contributed by atoms with E-state index in [0.717, 1.165) is 11.2 Å². The van der Waals surface area contributed by atoms with Crippen molar-refractivity contribution in [3.8, 4) is 0 Å². The molecule has 1 aliphatic rings. The topological polar surface area (TPSA) is 80.8 Å². The van der Waals surface area contributed by atoms with E-state index in [1.54, 1.807) is 31.2 Å². The van der Waals surface area contributed by atoms with Gasteiger partial charge in [-0.2, -0.15) is 8.42 Å². The lowest BCUT2D eigenvalue weighted by Gasteiger charge is -2.21. The number of rotatable bonds is 4. The van der Waals surface area contributed by atoms with Crippen LogP contribution in [0, 0.1) is 0 Å². The highest BCUT2D eigenvalue weighted by molar-refractivity contribution is 7.85. The third kappa shape index (κ3) is 2.66. The summed E-state index contributed by atoms with van der Waals surface area (Å²) in [5, 5.41) is 0. The van der Waals surface area contributed by atoms with Crippen LogP contribution in [0.3, 0.4) is 0 Å². The van der Waals surface area contributed by atoms with Gasteiger partial charge in [0.15, 0.2) is 0 Å². The van der Waals surface area contributed by atoms with Gasteiger partial charge in [0.1, 0.15) is 0 Å². The highest BCUT2D eigenvalue weighted by atomic mass is 32.2. The Kier molecular flexibility index (Phi) is 3.42. The van der Waals surface area contributed by atoms with Gasteiger partial charge in [-0.05, 0) is 19.1 Å². The molecule has 1 aromatic rings. The fourth-order valence-corrected chi connectivity index (χ4v) is 2.35. The van der Waals surface area contributed by atoms with E-state index in [2.05, 4.69) is 4.18 Å². The zero-order chi connectivity index (χ0) is 14.2. The number of hydrogen-bond donors (Lipinski definition) is 0. The zero-order valence-electron chi connectivity index (χ0n) is 10.5. The second-order valence-electron chi connectivity index (χ2n) is 4.36.